The van der Waals surface area contributed by atoms with Crippen LogP contribution in [0.3, 0.4) is 0 Å². The molecule has 1 aromatic carbocycles. The molecule has 0 N–H and O–H groups in total. The molecular weight excluding hydrogens is 280 g/mol. The number of ether oxygens (including phenoxy) is 1. The van der Waals surface area contributed by atoms with Gasteiger partial charge in [0.05, 0.1) is 6.54 Å². The first kappa shape index (κ1) is 14.0. The van der Waals surface area contributed by atoms with Gasteiger partial charge >= 0.3 is 5.97 Å². The number of benzene rings is 1. The molecule has 3 rings (SSSR count). The zero-order valence-electron chi connectivity index (χ0n) is 11.4. The Morgan fingerprint density at radius 1 is 1.19 bits per heavy atom. The lowest BCUT2D eigenvalue weighted by molar-refractivity contribution is -0.151. The van der Waals surface area contributed by atoms with Crippen molar-refractivity contribution < 1.29 is 23.1 Å². The van der Waals surface area contributed by atoms with E-state index in [9.17, 15) is 18.4 Å². The Morgan fingerprint density at radius 2 is 1.90 bits per heavy atom. The number of amides is 1. The molecule has 1 aromatic rings. The van der Waals surface area contributed by atoms with Gasteiger partial charge in [0.1, 0.15) is 17.2 Å². The maximum absolute atomic E-state index is 13.2. The molecule has 0 aliphatic carbocycles. The highest BCUT2D eigenvalue weighted by molar-refractivity contribution is 5.94. The molecule has 1 spiro atoms. The number of esters is 1. The lowest BCUT2D eigenvalue weighted by Gasteiger charge is -2.39. The molecule has 0 radical (unpaired) electrons. The van der Waals surface area contributed by atoms with Gasteiger partial charge in [-0.25, -0.2) is 8.78 Å². The van der Waals surface area contributed by atoms with Gasteiger partial charge in [-0.2, -0.15) is 0 Å². The lowest BCUT2D eigenvalue weighted by Crippen LogP contribution is -2.50. The van der Waals surface area contributed by atoms with Crippen LogP contribution in [0.1, 0.15) is 36.0 Å². The SMILES string of the molecule is O=C1CCC2(CCCN(C(=O)c3cc(F)cc(F)c3)C2)O1. The molecular formula is C15H15F2NO3. The van der Waals surface area contributed by atoms with Crippen molar-refractivity contribution in [3.05, 3.63) is 35.4 Å². The molecule has 0 saturated carbocycles. The fraction of sp³-hybridized carbons (Fsp3) is 0.467. The van der Waals surface area contributed by atoms with Gasteiger partial charge in [-0.1, -0.05) is 0 Å². The van der Waals surface area contributed by atoms with Gasteiger partial charge in [0.15, 0.2) is 0 Å². The summed E-state index contributed by atoms with van der Waals surface area (Å²) in [5.41, 5.74) is -0.634. The molecule has 0 bridgehead atoms. The predicted molar refractivity (Wildman–Crippen MR) is 69.6 cm³/mol. The van der Waals surface area contributed by atoms with E-state index in [2.05, 4.69) is 0 Å². The van der Waals surface area contributed by atoms with Crippen LogP contribution in [-0.2, 0) is 9.53 Å². The highest BCUT2D eigenvalue weighted by atomic mass is 19.1. The predicted octanol–water partition coefficient (Wildman–Crippen LogP) is 2.28. The van der Waals surface area contributed by atoms with E-state index >= 15 is 0 Å². The van der Waals surface area contributed by atoms with Gasteiger partial charge in [0.2, 0.25) is 0 Å². The lowest BCUT2D eigenvalue weighted by atomic mass is 9.89. The van der Waals surface area contributed by atoms with Crippen molar-refractivity contribution in [2.45, 2.75) is 31.3 Å². The van der Waals surface area contributed by atoms with E-state index in [1.165, 1.54) is 4.90 Å². The van der Waals surface area contributed by atoms with Crippen LogP contribution in [0.5, 0.6) is 0 Å². The zero-order chi connectivity index (χ0) is 15.0. The van der Waals surface area contributed by atoms with Crippen LogP contribution in [-0.4, -0.2) is 35.5 Å². The molecule has 1 unspecified atom stereocenters. The summed E-state index contributed by atoms with van der Waals surface area (Å²) in [5, 5.41) is 0. The third-order valence-electron chi connectivity index (χ3n) is 4.05. The number of carbonyl (C=O) groups excluding carboxylic acids is 2. The standard InChI is InChI=1S/C15H15F2NO3/c16-11-6-10(7-12(17)8-11)14(20)18-5-1-3-15(9-18)4-2-13(19)21-15/h6-8H,1-5,9H2. The second kappa shape index (κ2) is 5.09. The van der Waals surface area contributed by atoms with Crippen LogP contribution in [0.25, 0.3) is 0 Å². The van der Waals surface area contributed by atoms with E-state index in [1.54, 1.807) is 0 Å². The molecule has 4 nitrogen and oxygen atoms in total. The van der Waals surface area contributed by atoms with Crippen LogP contribution >= 0.6 is 0 Å². The van der Waals surface area contributed by atoms with Crippen molar-refractivity contribution in [3.63, 3.8) is 0 Å². The summed E-state index contributed by atoms with van der Waals surface area (Å²) in [5.74, 6) is -2.24. The first-order chi connectivity index (χ1) is 9.97. The Labute approximate surface area is 120 Å². The molecule has 1 amide bonds. The summed E-state index contributed by atoms with van der Waals surface area (Å²) in [6.07, 6.45) is 2.38. The van der Waals surface area contributed by atoms with Crippen LogP contribution in [0, 0.1) is 11.6 Å². The molecule has 6 heteroatoms. The van der Waals surface area contributed by atoms with Gasteiger partial charge in [0.25, 0.3) is 5.91 Å². The van der Waals surface area contributed by atoms with Crippen molar-refractivity contribution in [2.75, 3.05) is 13.1 Å². The topological polar surface area (TPSA) is 46.6 Å². The monoisotopic (exact) mass is 295 g/mol. The molecule has 2 aliphatic rings. The van der Waals surface area contributed by atoms with Crippen molar-refractivity contribution >= 4 is 11.9 Å². The maximum Gasteiger partial charge on any atom is 0.306 e. The van der Waals surface area contributed by atoms with Gasteiger partial charge in [-0.05, 0) is 31.4 Å². The van der Waals surface area contributed by atoms with Crippen LogP contribution in [0.2, 0.25) is 0 Å². The Kier molecular flexibility index (Phi) is 3.39. The van der Waals surface area contributed by atoms with Crippen LogP contribution in [0.15, 0.2) is 18.2 Å². The molecule has 2 saturated heterocycles. The van der Waals surface area contributed by atoms with Crippen molar-refractivity contribution in [1.29, 1.82) is 0 Å². The van der Waals surface area contributed by atoms with E-state index in [0.29, 0.717) is 25.8 Å². The smallest absolute Gasteiger partial charge is 0.306 e. The van der Waals surface area contributed by atoms with Crippen molar-refractivity contribution in [3.8, 4) is 0 Å². The highest BCUT2D eigenvalue weighted by Gasteiger charge is 2.44. The highest BCUT2D eigenvalue weighted by Crippen LogP contribution is 2.35. The molecule has 2 heterocycles. The van der Waals surface area contributed by atoms with E-state index < -0.39 is 23.1 Å². The number of rotatable bonds is 1. The second-order valence-corrected chi connectivity index (χ2v) is 5.65. The molecule has 2 aliphatic heterocycles. The summed E-state index contributed by atoms with van der Waals surface area (Å²) in [7, 11) is 0. The third-order valence-corrected chi connectivity index (χ3v) is 4.05. The number of carbonyl (C=O) groups is 2. The summed E-state index contributed by atoms with van der Waals surface area (Å²) in [6, 6.07) is 2.77. The molecule has 2 fully saturated rings. The molecule has 1 atom stereocenters. The normalized spacial score (nSPS) is 25.2. The van der Waals surface area contributed by atoms with E-state index in [4.69, 9.17) is 4.74 Å². The Balaban J connectivity index is 1.79. The van der Waals surface area contributed by atoms with Gasteiger partial charge in [-0.15, -0.1) is 0 Å². The number of likely N-dealkylation sites (tertiary alicyclic amines) is 1. The number of nitrogens with zero attached hydrogens (tertiary/aromatic N) is 1. The minimum Gasteiger partial charge on any atom is -0.457 e. The third kappa shape index (κ3) is 2.75. The Bertz CT molecular complexity index is 584. The van der Waals surface area contributed by atoms with Crippen LogP contribution < -0.4 is 0 Å². The van der Waals surface area contributed by atoms with E-state index in [0.717, 1.165) is 24.6 Å². The fourth-order valence-electron chi connectivity index (χ4n) is 3.09. The maximum atomic E-state index is 13.2. The average molecular weight is 295 g/mol. The molecule has 0 aromatic heterocycles. The fourth-order valence-corrected chi connectivity index (χ4v) is 3.09. The average Bonchev–Trinajstić information content (AvgIpc) is 2.77. The van der Waals surface area contributed by atoms with Crippen molar-refractivity contribution in [2.24, 2.45) is 0 Å². The minimum absolute atomic E-state index is 0.0196. The number of hydrogen-bond acceptors (Lipinski definition) is 3. The number of piperidine rings is 1. The van der Waals surface area contributed by atoms with E-state index in [1.807, 2.05) is 0 Å². The summed E-state index contributed by atoms with van der Waals surface area (Å²) < 4.78 is 31.8. The number of hydrogen-bond donors (Lipinski definition) is 0. The zero-order valence-corrected chi connectivity index (χ0v) is 11.4. The quantitative estimate of drug-likeness (QED) is 0.747. The van der Waals surface area contributed by atoms with E-state index in [-0.39, 0.29) is 18.1 Å². The largest absolute Gasteiger partial charge is 0.457 e. The first-order valence-electron chi connectivity index (χ1n) is 6.95. The molecule has 21 heavy (non-hydrogen) atoms. The second-order valence-electron chi connectivity index (χ2n) is 5.65. The number of halogens is 2. The van der Waals surface area contributed by atoms with Gasteiger partial charge in [-0.3, -0.25) is 9.59 Å². The summed E-state index contributed by atoms with van der Waals surface area (Å²) >= 11 is 0. The van der Waals surface area contributed by atoms with Crippen molar-refractivity contribution in [1.82, 2.24) is 4.90 Å². The minimum atomic E-state index is -0.780. The van der Waals surface area contributed by atoms with Crippen LogP contribution in [0.4, 0.5) is 8.78 Å². The van der Waals surface area contributed by atoms with Gasteiger partial charge < -0.3 is 9.64 Å². The molecule has 112 valence electrons. The van der Waals surface area contributed by atoms with Gasteiger partial charge in [0, 0.05) is 24.6 Å². The Morgan fingerprint density at radius 3 is 2.52 bits per heavy atom. The summed E-state index contributed by atoms with van der Waals surface area (Å²) in [6.45, 7) is 0.784. The first-order valence-corrected chi connectivity index (χ1v) is 6.95. The summed E-state index contributed by atoms with van der Waals surface area (Å²) in [4.78, 5) is 25.2. The Hall–Kier alpha value is -1.98.